The smallest absolute Gasteiger partial charge is 0.0695 e. The number of hydrogen-bond donors (Lipinski definition) is 3. The molecule has 2 aromatic rings. The molecule has 1 aromatic heterocycles. The van der Waals surface area contributed by atoms with Crippen molar-refractivity contribution in [1.82, 2.24) is 15.5 Å². The Balaban J connectivity index is 1.93. The van der Waals surface area contributed by atoms with Gasteiger partial charge in [-0.05, 0) is 24.4 Å². The number of aliphatic hydroxyl groups is 1. The highest BCUT2D eigenvalue weighted by Crippen LogP contribution is 2.20. The standard InChI is InChI=1S/C16H23N3O/c1-2-13(8-9-20)10-17-11-15-12-18-19-16(15)14-6-4-3-5-7-14/h3-7,12-13,17,20H,2,8-11H2,1H3,(H,18,19). The summed E-state index contributed by atoms with van der Waals surface area (Å²) in [5, 5.41) is 19.7. The van der Waals surface area contributed by atoms with Crippen molar-refractivity contribution in [1.29, 1.82) is 0 Å². The van der Waals surface area contributed by atoms with Crippen molar-refractivity contribution in [3.05, 3.63) is 42.1 Å². The largest absolute Gasteiger partial charge is 0.396 e. The van der Waals surface area contributed by atoms with Gasteiger partial charge >= 0.3 is 0 Å². The number of nitrogens with zero attached hydrogens (tertiary/aromatic N) is 1. The van der Waals surface area contributed by atoms with Gasteiger partial charge in [0.25, 0.3) is 0 Å². The number of aromatic nitrogens is 2. The summed E-state index contributed by atoms with van der Waals surface area (Å²) in [5.41, 5.74) is 3.41. The quantitative estimate of drug-likeness (QED) is 0.693. The Morgan fingerprint density at radius 1 is 1.30 bits per heavy atom. The first-order chi connectivity index (χ1) is 9.85. The molecule has 0 aliphatic rings. The van der Waals surface area contributed by atoms with E-state index in [0.29, 0.717) is 5.92 Å². The predicted octanol–water partition coefficient (Wildman–Crippen LogP) is 2.57. The number of rotatable bonds is 8. The molecule has 1 unspecified atom stereocenters. The number of hydrogen-bond acceptors (Lipinski definition) is 3. The summed E-state index contributed by atoms with van der Waals surface area (Å²) in [6.07, 6.45) is 3.83. The fourth-order valence-corrected chi connectivity index (χ4v) is 2.34. The Kier molecular flexibility index (Phi) is 5.77. The summed E-state index contributed by atoms with van der Waals surface area (Å²) < 4.78 is 0. The molecule has 20 heavy (non-hydrogen) atoms. The Hall–Kier alpha value is -1.65. The number of benzene rings is 1. The van der Waals surface area contributed by atoms with E-state index in [4.69, 9.17) is 5.11 Å². The molecule has 0 saturated heterocycles. The van der Waals surface area contributed by atoms with Crippen LogP contribution in [0.25, 0.3) is 11.3 Å². The average Bonchev–Trinajstić information content (AvgIpc) is 2.95. The molecule has 0 spiro atoms. The van der Waals surface area contributed by atoms with E-state index >= 15 is 0 Å². The zero-order chi connectivity index (χ0) is 14.2. The van der Waals surface area contributed by atoms with Gasteiger partial charge in [-0.2, -0.15) is 5.10 Å². The van der Waals surface area contributed by atoms with Gasteiger partial charge in [-0.1, -0.05) is 43.7 Å². The summed E-state index contributed by atoms with van der Waals surface area (Å²) in [5.74, 6) is 0.534. The maximum Gasteiger partial charge on any atom is 0.0695 e. The topological polar surface area (TPSA) is 60.9 Å². The molecule has 4 nitrogen and oxygen atoms in total. The zero-order valence-electron chi connectivity index (χ0n) is 12.0. The van der Waals surface area contributed by atoms with Gasteiger partial charge in [0, 0.05) is 18.7 Å². The van der Waals surface area contributed by atoms with E-state index in [1.807, 2.05) is 24.4 Å². The second-order valence-electron chi connectivity index (χ2n) is 5.05. The number of aromatic amines is 1. The van der Waals surface area contributed by atoms with E-state index < -0.39 is 0 Å². The second kappa shape index (κ2) is 7.82. The first-order valence-corrected chi connectivity index (χ1v) is 7.24. The third kappa shape index (κ3) is 3.92. The van der Waals surface area contributed by atoms with Crippen LogP contribution >= 0.6 is 0 Å². The minimum absolute atomic E-state index is 0.265. The third-order valence-electron chi connectivity index (χ3n) is 3.64. The first-order valence-electron chi connectivity index (χ1n) is 7.24. The van der Waals surface area contributed by atoms with Crippen LogP contribution in [0.4, 0.5) is 0 Å². The summed E-state index contributed by atoms with van der Waals surface area (Å²) in [4.78, 5) is 0. The molecule has 1 aromatic carbocycles. The highest BCUT2D eigenvalue weighted by molar-refractivity contribution is 5.62. The van der Waals surface area contributed by atoms with Crippen molar-refractivity contribution < 1.29 is 5.11 Å². The Morgan fingerprint density at radius 3 is 2.80 bits per heavy atom. The van der Waals surface area contributed by atoms with Crippen LogP contribution < -0.4 is 5.32 Å². The van der Waals surface area contributed by atoms with Crippen molar-refractivity contribution >= 4 is 0 Å². The molecule has 3 N–H and O–H groups in total. The van der Waals surface area contributed by atoms with Crippen LogP contribution in [0.1, 0.15) is 25.3 Å². The molecule has 0 radical (unpaired) electrons. The van der Waals surface area contributed by atoms with Gasteiger partial charge in [0.1, 0.15) is 0 Å². The molecule has 108 valence electrons. The van der Waals surface area contributed by atoms with Crippen molar-refractivity contribution in [2.24, 2.45) is 5.92 Å². The maximum absolute atomic E-state index is 9.00. The summed E-state index contributed by atoms with van der Waals surface area (Å²) in [6, 6.07) is 10.2. The lowest BCUT2D eigenvalue weighted by Gasteiger charge is -2.14. The monoisotopic (exact) mass is 273 g/mol. The van der Waals surface area contributed by atoms with Gasteiger partial charge in [0.05, 0.1) is 11.9 Å². The Morgan fingerprint density at radius 2 is 2.10 bits per heavy atom. The number of H-pyrrole nitrogens is 1. The Labute approximate surface area is 120 Å². The van der Waals surface area contributed by atoms with E-state index in [1.54, 1.807) is 0 Å². The molecule has 0 aliphatic carbocycles. The highest BCUT2D eigenvalue weighted by Gasteiger charge is 2.09. The Bertz CT molecular complexity index is 495. The van der Waals surface area contributed by atoms with Gasteiger partial charge in [0.2, 0.25) is 0 Å². The van der Waals surface area contributed by atoms with Crippen LogP contribution in [-0.4, -0.2) is 28.5 Å². The van der Waals surface area contributed by atoms with Gasteiger partial charge < -0.3 is 10.4 Å². The summed E-state index contributed by atoms with van der Waals surface area (Å²) >= 11 is 0. The van der Waals surface area contributed by atoms with Crippen LogP contribution in [-0.2, 0) is 6.54 Å². The predicted molar refractivity (Wildman–Crippen MR) is 81.2 cm³/mol. The molecule has 1 heterocycles. The second-order valence-corrected chi connectivity index (χ2v) is 5.05. The summed E-state index contributed by atoms with van der Waals surface area (Å²) in [6.45, 7) is 4.15. The van der Waals surface area contributed by atoms with Crippen LogP contribution in [0.15, 0.2) is 36.5 Å². The van der Waals surface area contributed by atoms with Crippen LogP contribution in [0, 0.1) is 5.92 Å². The molecule has 0 bridgehead atoms. The van der Waals surface area contributed by atoms with Gasteiger partial charge in [-0.3, -0.25) is 5.10 Å². The minimum Gasteiger partial charge on any atom is -0.396 e. The van der Waals surface area contributed by atoms with Crippen molar-refractivity contribution in [2.45, 2.75) is 26.3 Å². The fourth-order valence-electron chi connectivity index (χ4n) is 2.34. The van der Waals surface area contributed by atoms with Crippen molar-refractivity contribution in [3.63, 3.8) is 0 Å². The lowest BCUT2D eigenvalue weighted by atomic mass is 10.0. The molecule has 0 amide bonds. The average molecular weight is 273 g/mol. The molecule has 1 atom stereocenters. The molecule has 0 aliphatic heterocycles. The SMILES string of the molecule is CCC(CCO)CNCc1cn[nH]c1-c1ccccc1. The lowest BCUT2D eigenvalue weighted by molar-refractivity contribution is 0.251. The normalized spacial score (nSPS) is 12.5. The first kappa shape index (κ1) is 14.8. The van der Waals surface area contributed by atoms with E-state index in [2.05, 4.69) is 34.6 Å². The highest BCUT2D eigenvalue weighted by atomic mass is 16.3. The molecule has 4 heteroatoms. The molecule has 0 saturated carbocycles. The van der Waals surface area contributed by atoms with Crippen LogP contribution in [0.5, 0.6) is 0 Å². The number of aliphatic hydroxyl groups excluding tert-OH is 1. The molecule has 2 rings (SSSR count). The molecular weight excluding hydrogens is 250 g/mol. The third-order valence-corrected chi connectivity index (χ3v) is 3.64. The minimum atomic E-state index is 0.265. The van der Waals surface area contributed by atoms with Crippen molar-refractivity contribution in [3.8, 4) is 11.3 Å². The maximum atomic E-state index is 9.00. The van der Waals surface area contributed by atoms with Crippen molar-refractivity contribution in [2.75, 3.05) is 13.2 Å². The number of nitrogens with one attached hydrogen (secondary N) is 2. The van der Waals surface area contributed by atoms with Gasteiger partial charge in [0.15, 0.2) is 0 Å². The molecular formula is C16H23N3O. The zero-order valence-corrected chi connectivity index (χ0v) is 12.0. The van der Waals surface area contributed by atoms with E-state index in [1.165, 1.54) is 5.56 Å². The van der Waals surface area contributed by atoms with E-state index in [0.717, 1.165) is 37.2 Å². The van der Waals surface area contributed by atoms with Crippen LogP contribution in [0.3, 0.4) is 0 Å². The fraction of sp³-hybridized carbons (Fsp3) is 0.438. The van der Waals surface area contributed by atoms with E-state index in [9.17, 15) is 0 Å². The van der Waals surface area contributed by atoms with Gasteiger partial charge in [-0.25, -0.2) is 0 Å². The lowest BCUT2D eigenvalue weighted by Crippen LogP contribution is -2.23. The van der Waals surface area contributed by atoms with Gasteiger partial charge in [-0.15, -0.1) is 0 Å². The van der Waals surface area contributed by atoms with Crippen LogP contribution in [0.2, 0.25) is 0 Å². The molecule has 0 fully saturated rings. The summed E-state index contributed by atoms with van der Waals surface area (Å²) in [7, 11) is 0. The van der Waals surface area contributed by atoms with E-state index in [-0.39, 0.29) is 6.61 Å².